The number of rotatable bonds is 5. The number of ether oxygens (including phenoxy) is 1. The molecule has 0 spiro atoms. The van der Waals surface area contributed by atoms with Crippen LogP contribution in [0.1, 0.15) is 67.7 Å². The smallest absolute Gasteiger partial charge is 0.102 e. The van der Waals surface area contributed by atoms with Gasteiger partial charge in [-0.1, -0.05) is 48.5 Å². The summed E-state index contributed by atoms with van der Waals surface area (Å²) in [5.74, 6) is 0. The van der Waals surface area contributed by atoms with Crippen LogP contribution in [0.25, 0.3) is 0 Å². The molecule has 0 aliphatic rings. The Morgan fingerprint density at radius 3 is 2.00 bits per heavy atom. The molecule has 0 fully saturated rings. The molecule has 2 nitrogen and oxygen atoms in total. The molecule has 0 heterocycles. The SMILES string of the molecule is CCC(CC(C)(C)C)O/C=C(\N)CC(C)(C)C. The van der Waals surface area contributed by atoms with Gasteiger partial charge in [0.25, 0.3) is 0 Å². The fourth-order valence-corrected chi connectivity index (χ4v) is 1.81. The van der Waals surface area contributed by atoms with Crippen LogP contribution in [0.4, 0.5) is 0 Å². The Hall–Kier alpha value is -0.660. The summed E-state index contributed by atoms with van der Waals surface area (Å²) < 4.78 is 5.79. The van der Waals surface area contributed by atoms with Crippen LogP contribution in [0.2, 0.25) is 0 Å². The Kier molecular flexibility index (Phi) is 6.08. The van der Waals surface area contributed by atoms with Crippen molar-refractivity contribution in [2.45, 2.75) is 73.8 Å². The Morgan fingerprint density at radius 2 is 1.65 bits per heavy atom. The highest BCUT2D eigenvalue weighted by atomic mass is 16.5. The highest BCUT2D eigenvalue weighted by molar-refractivity contribution is 4.95. The van der Waals surface area contributed by atoms with Gasteiger partial charge in [0, 0.05) is 5.70 Å². The molecule has 2 N–H and O–H groups in total. The molecule has 2 heteroatoms. The average molecular weight is 241 g/mol. The summed E-state index contributed by atoms with van der Waals surface area (Å²) in [6, 6.07) is 0. The van der Waals surface area contributed by atoms with Gasteiger partial charge in [-0.05, 0) is 30.1 Å². The molecule has 1 atom stereocenters. The molecule has 17 heavy (non-hydrogen) atoms. The van der Waals surface area contributed by atoms with Crippen molar-refractivity contribution in [3.05, 3.63) is 12.0 Å². The monoisotopic (exact) mass is 241 g/mol. The van der Waals surface area contributed by atoms with E-state index in [9.17, 15) is 0 Å². The third-order valence-corrected chi connectivity index (χ3v) is 2.44. The first kappa shape index (κ1) is 16.3. The number of hydrogen-bond donors (Lipinski definition) is 1. The van der Waals surface area contributed by atoms with Gasteiger partial charge in [-0.2, -0.15) is 0 Å². The summed E-state index contributed by atoms with van der Waals surface area (Å²) in [5, 5.41) is 0. The van der Waals surface area contributed by atoms with E-state index in [1.54, 1.807) is 6.26 Å². The maximum atomic E-state index is 5.96. The second-order valence-corrected chi connectivity index (χ2v) is 7.36. The predicted octanol–water partition coefficient (Wildman–Crippen LogP) is 4.45. The first-order chi connectivity index (χ1) is 7.53. The van der Waals surface area contributed by atoms with Gasteiger partial charge >= 0.3 is 0 Å². The van der Waals surface area contributed by atoms with E-state index < -0.39 is 0 Å². The molecule has 0 aliphatic carbocycles. The maximum Gasteiger partial charge on any atom is 0.102 e. The topological polar surface area (TPSA) is 35.2 Å². The van der Waals surface area contributed by atoms with Crippen molar-refractivity contribution in [2.75, 3.05) is 0 Å². The van der Waals surface area contributed by atoms with Crippen molar-refractivity contribution >= 4 is 0 Å². The van der Waals surface area contributed by atoms with Crippen LogP contribution in [0, 0.1) is 10.8 Å². The van der Waals surface area contributed by atoms with Crippen LogP contribution in [-0.4, -0.2) is 6.10 Å². The number of hydrogen-bond acceptors (Lipinski definition) is 2. The molecule has 0 rings (SSSR count). The standard InChI is InChI=1S/C15H31NO/c1-8-13(10-15(5,6)7)17-11-12(16)9-14(2,3)4/h11,13H,8-10,16H2,1-7H3/b12-11-. The van der Waals surface area contributed by atoms with Crippen LogP contribution in [-0.2, 0) is 4.74 Å². The molecule has 102 valence electrons. The molecule has 0 aromatic rings. The largest absolute Gasteiger partial charge is 0.496 e. The molecule has 0 saturated carbocycles. The van der Waals surface area contributed by atoms with Crippen molar-refractivity contribution in [3.63, 3.8) is 0 Å². The van der Waals surface area contributed by atoms with Crippen LogP contribution < -0.4 is 5.73 Å². The Morgan fingerprint density at radius 1 is 1.12 bits per heavy atom. The molecular weight excluding hydrogens is 210 g/mol. The fraction of sp³-hybridized carbons (Fsp3) is 0.867. The first-order valence-electron chi connectivity index (χ1n) is 6.63. The van der Waals surface area contributed by atoms with Gasteiger partial charge in [0.05, 0.1) is 6.10 Å². The zero-order valence-electron chi connectivity index (χ0n) is 12.8. The van der Waals surface area contributed by atoms with E-state index in [1.807, 2.05) is 0 Å². The second-order valence-electron chi connectivity index (χ2n) is 7.36. The third-order valence-electron chi connectivity index (χ3n) is 2.44. The van der Waals surface area contributed by atoms with Gasteiger partial charge in [-0.3, -0.25) is 0 Å². The highest BCUT2D eigenvalue weighted by Gasteiger charge is 2.18. The van der Waals surface area contributed by atoms with Gasteiger partial charge < -0.3 is 10.5 Å². The summed E-state index contributed by atoms with van der Waals surface area (Å²) in [5.41, 5.74) is 7.32. The molecule has 0 radical (unpaired) electrons. The van der Waals surface area contributed by atoms with Crippen molar-refractivity contribution in [2.24, 2.45) is 16.6 Å². The maximum absolute atomic E-state index is 5.96. The molecule has 0 bridgehead atoms. The van der Waals surface area contributed by atoms with E-state index in [0.29, 0.717) is 5.41 Å². The van der Waals surface area contributed by atoms with Gasteiger partial charge in [0.2, 0.25) is 0 Å². The van der Waals surface area contributed by atoms with Crippen LogP contribution in [0.5, 0.6) is 0 Å². The Labute approximate surface area is 108 Å². The van der Waals surface area contributed by atoms with Crippen LogP contribution in [0.3, 0.4) is 0 Å². The van der Waals surface area contributed by atoms with Gasteiger partial charge in [-0.15, -0.1) is 0 Å². The van der Waals surface area contributed by atoms with Crippen molar-refractivity contribution in [1.82, 2.24) is 0 Å². The van der Waals surface area contributed by atoms with Crippen molar-refractivity contribution in [1.29, 1.82) is 0 Å². The zero-order valence-corrected chi connectivity index (χ0v) is 12.8. The number of allylic oxidation sites excluding steroid dienone is 1. The van der Waals surface area contributed by atoms with Crippen molar-refractivity contribution in [3.8, 4) is 0 Å². The Balaban J connectivity index is 4.26. The molecule has 0 amide bonds. The van der Waals surface area contributed by atoms with E-state index >= 15 is 0 Å². The van der Waals surface area contributed by atoms with Crippen molar-refractivity contribution < 1.29 is 4.74 Å². The summed E-state index contributed by atoms with van der Waals surface area (Å²) in [6.07, 6.45) is 4.98. The van der Waals surface area contributed by atoms with E-state index in [0.717, 1.165) is 25.0 Å². The third kappa shape index (κ3) is 10.2. The normalized spacial score (nSPS) is 15.8. The van der Waals surface area contributed by atoms with Gasteiger partial charge in [-0.25, -0.2) is 0 Å². The lowest BCUT2D eigenvalue weighted by molar-refractivity contribution is 0.0936. The lowest BCUT2D eigenvalue weighted by Gasteiger charge is -2.25. The predicted molar refractivity (Wildman–Crippen MR) is 75.6 cm³/mol. The fourth-order valence-electron chi connectivity index (χ4n) is 1.81. The lowest BCUT2D eigenvalue weighted by Crippen LogP contribution is -2.19. The summed E-state index contributed by atoms with van der Waals surface area (Å²) in [6.45, 7) is 15.4. The van der Waals surface area contributed by atoms with E-state index in [2.05, 4.69) is 48.5 Å². The van der Waals surface area contributed by atoms with E-state index in [1.165, 1.54) is 0 Å². The summed E-state index contributed by atoms with van der Waals surface area (Å²) in [7, 11) is 0. The molecule has 1 unspecified atom stereocenters. The lowest BCUT2D eigenvalue weighted by atomic mass is 9.88. The van der Waals surface area contributed by atoms with Gasteiger partial charge in [0.1, 0.15) is 6.26 Å². The zero-order chi connectivity index (χ0) is 13.7. The van der Waals surface area contributed by atoms with Gasteiger partial charge in [0.15, 0.2) is 0 Å². The van der Waals surface area contributed by atoms with Crippen LogP contribution in [0.15, 0.2) is 12.0 Å². The summed E-state index contributed by atoms with van der Waals surface area (Å²) in [4.78, 5) is 0. The molecule has 0 aromatic heterocycles. The molecule has 0 aromatic carbocycles. The first-order valence-corrected chi connectivity index (χ1v) is 6.63. The Bertz CT molecular complexity index is 243. The van der Waals surface area contributed by atoms with Crippen LogP contribution >= 0.6 is 0 Å². The molecular formula is C15H31NO. The second kappa shape index (κ2) is 6.32. The minimum atomic E-state index is 0.218. The molecule has 0 aliphatic heterocycles. The highest BCUT2D eigenvalue weighted by Crippen LogP contribution is 2.25. The average Bonchev–Trinajstić information content (AvgIpc) is 2.07. The summed E-state index contributed by atoms with van der Waals surface area (Å²) >= 11 is 0. The minimum Gasteiger partial charge on any atom is -0.496 e. The van der Waals surface area contributed by atoms with E-state index in [-0.39, 0.29) is 11.5 Å². The number of nitrogens with two attached hydrogens (primary N) is 1. The van der Waals surface area contributed by atoms with E-state index in [4.69, 9.17) is 10.5 Å². The molecule has 0 saturated heterocycles. The quantitative estimate of drug-likeness (QED) is 0.721. The minimum absolute atomic E-state index is 0.218.